The first-order valence-electron chi connectivity index (χ1n) is 9.19. The van der Waals surface area contributed by atoms with E-state index in [1.807, 2.05) is 36.4 Å². The lowest BCUT2D eigenvalue weighted by molar-refractivity contribution is -0.128. The molecule has 30 heavy (non-hydrogen) atoms. The van der Waals surface area contributed by atoms with E-state index in [4.69, 9.17) is 14.2 Å². The maximum Gasteiger partial charge on any atom is 0.276 e. The summed E-state index contributed by atoms with van der Waals surface area (Å²) in [7, 11) is 3.08. The second kappa shape index (κ2) is 9.97. The summed E-state index contributed by atoms with van der Waals surface area (Å²) in [5.74, 6) is 0.764. The third-order valence-corrected chi connectivity index (χ3v) is 4.25. The highest BCUT2D eigenvalue weighted by molar-refractivity contribution is 5.93. The van der Waals surface area contributed by atoms with Crippen LogP contribution in [0.15, 0.2) is 66.7 Å². The summed E-state index contributed by atoms with van der Waals surface area (Å²) in [6.07, 6.45) is 2.89. The molecule has 0 saturated heterocycles. The Kier molecular flexibility index (Phi) is 6.89. The van der Waals surface area contributed by atoms with Crippen LogP contribution in [0.1, 0.15) is 5.56 Å². The average molecular weight is 406 g/mol. The van der Waals surface area contributed by atoms with Gasteiger partial charge in [0, 0.05) is 6.08 Å². The molecule has 0 aliphatic heterocycles. The van der Waals surface area contributed by atoms with Crippen LogP contribution in [0.2, 0.25) is 0 Å². The summed E-state index contributed by atoms with van der Waals surface area (Å²) in [6, 6.07) is 18.7. The molecule has 0 aliphatic rings. The second-order valence-corrected chi connectivity index (χ2v) is 6.28. The molecule has 3 rings (SSSR count). The average Bonchev–Trinajstić information content (AvgIpc) is 2.79. The lowest BCUT2D eigenvalue weighted by Gasteiger charge is -2.09. The molecular weight excluding hydrogens is 384 g/mol. The number of hydrogen-bond donors (Lipinski definition) is 2. The molecule has 0 heterocycles. The molecule has 0 fully saturated rings. The van der Waals surface area contributed by atoms with E-state index >= 15 is 0 Å². The molecule has 0 aromatic heterocycles. The number of fused-ring (bicyclic) bond motifs is 1. The zero-order valence-corrected chi connectivity index (χ0v) is 16.7. The van der Waals surface area contributed by atoms with E-state index in [9.17, 15) is 9.59 Å². The molecule has 3 aromatic rings. The van der Waals surface area contributed by atoms with Crippen molar-refractivity contribution in [2.45, 2.75) is 0 Å². The number of amides is 2. The van der Waals surface area contributed by atoms with E-state index in [1.165, 1.54) is 13.2 Å². The van der Waals surface area contributed by atoms with Crippen molar-refractivity contribution in [3.8, 4) is 17.2 Å². The molecule has 0 spiro atoms. The highest BCUT2D eigenvalue weighted by atomic mass is 16.5. The van der Waals surface area contributed by atoms with Gasteiger partial charge in [0.25, 0.3) is 11.8 Å². The lowest BCUT2D eigenvalue weighted by Crippen LogP contribution is -2.43. The number of methoxy groups -OCH3 is 2. The number of hydrazine groups is 1. The number of carbonyl (C=O) groups excluding carboxylic acids is 2. The third-order valence-electron chi connectivity index (χ3n) is 4.25. The van der Waals surface area contributed by atoms with E-state index in [0.29, 0.717) is 17.2 Å². The summed E-state index contributed by atoms with van der Waals surface area (Å²) in [6.45, 7) is -0.224. The summed E-state index contributed by atoms with van der Waals surface area (Å²) < 4.78 is 15.9. The van der Waals surface area contributed by atoms with Gasteiger partial charge in [-0.05, 0) is 46.7 Å². The maximum absolute atomic E-state index is 11.9. The molecule has 7 nitrogen and oxygen atoms in total. The molecule has 2 N–H and O–H groups in total. The number of rotatable bonds is 7. The third kappa shape index (κ3) is 5.51. The first kappa shape index (κ1) is 20.7. The predicted molar refractivity (Wildman–Crippen MR) is 114 cm³/mol. The SMILES string of the molecule is COc1ccc(C=CC(=O)NNC(=O)COc2ccc3ccccc3c2)cc1OC. The minimum Gasteiger partial charge on any atom is -0.493 e. The number of carbonyl (C=O) groups is 2. The van der Waals surface area contributed by atoms with Crippen molar-refractivity contribution < 1.29 is 23.8 Å². The Balaban J connectivity index is 1.46. The van der Waals surface area contributed by atoms with Crippen molar-refractivity contribution in [3.63, 3.8) is 0 Å². The van der Waals surface area contributed by atoms with Crippen LogP contribution in [0.5, 0.6) is 17.2 Å². The van der Waals surface area contributed by atoms with Crippen molar-refractivity contribution in [2.24, 2.45) is 0 Å². The fraction of sp³-hybridized carbons (Fsp3) is 0.130. The molecule has 0 atom stereocenters. The van der Waals surface area contributed by atoms with Crippen LogP contribution in [-0.4, -0.2) is 32.6 Å². The Morgan fingerprint density at radius 2 is 1.63 bits per heavy atom. The van der Waals surface area contributed by atoms with Crippen molar-refractivity contribution in [3.05, 3.63) is 72.3 Å². The summed E-state index contributed by atoms with van der Waals surface area (Å²) in [5, 5.41) is 2.10. The molecule has 0 radical (unpaired) electrons. The molecule has 7 heteroatoms. The smallest absolute Gasteiger partial charge is 0.276 e. The number of hydrogen-bond acceptors (Lipinski definition) is 5. The molecule has 3 aromatic carbocycles. The number of benzene rings is 3. The van der Waals surface area contributed by atoms with Crippen LogP contribution >= 0.6 is 0 Å². The van der Waals surface area contributed by atoms with Crippen LogP contribution in [0, 0.1) is 0 Å². The van der Waals surface area contributed by atoms with Crippen molar-refractivity contribution in [1.29, 1.82) is 0 Å². The fourth-order valence-electron chi connectivity index (χ4n) is 2.74. The lowest BCUT2D eigenvalue weighted by atomic mass is 10.1. The Hall–Kier alpha value is -4.00. The summed E-state index contributed by atoms with van der Waals surface area (Å²) in [5.41, 5.74) is 5.36. The van der Waals surface area contributed by atoms with Crippen LogP contribution < -0.4 is 25.1 Å². The van der Waals surface area contributed by atoms with Gasteiger partial charge >= 0.3 is 0 Å². The van der Waals surface area contributed by atoms with Gasteiger partial charge in [-0.2, -0.15) is 0 Å². The maximum atomic E-state index is 11.9. The van der Waals surface area contributed by atoms with Gasteiger partial charge in [0.15, 0.2) is 18.1 Å². The van der Waals surface area contributed by atoms with Gasteiger partial charge in [0.1, 0.15) is 5.75 Å². The standard InChI is InChI=1S/C23H22N2O5/c1-28-20-11-7-16(13-21(20)29-2)8-12-22(26)24-25-23(27)15-30-19-10-9-17-5-3-4-6-18(17)14-19/h3-14H,15H2,1-2H3,(H,24,26)(H,25,27). The van der Waals surface area contributed by atoms with E-state index in [-0.39, 0.29) is 6.61 Å². The first-order chi connectivity index (χ1) is 14.6. The molecule has 154 valence electrons. The molecule has 0 unspecified atom stereocenters. The van der Waals surface area contributed by atoms with Crippen LogP contribution in [0.3, 0.4) is 0 Å². The largest absolute Gasteiger partial charge is 0.493 e. The zero-order chi connectivity index (χ0) is 21.3. The number of nitrogens with one attached hydrogen (secondary N) is 2. The van der Waals surface area contributed by atoms with E-state index in [1.54, 1.807) is 37.5 Å². The quantitative estimate of drug-likeness (QED) is 0.465. The molecule has 0 aliphatic carbocycles. The second-order valence-electron chi connectivity index (χ2n) is 6.28. The molecule has 0 saturated carbocycles. The van der Waals surface area contributed by atoms with Crippen molar-refractivity contribution >= 4 is 28.7 Å². The highest BCUT2D eigenvalue weighted by Crippen LogP contribution is 2.27. The minimum absolute atomic E-state index is 0.224. The van der Waals surface area contributed by atoms with Gasteiger partial charge in [0.2, 0.25) is 0 Å². The van der Waals surface area contributed by atoms with E-state index in [2.05, 4.69) is 10.9 Å². The normalized spacial score (nSPS) is 10.6. The monoisotopic (exact) mass is 406 g/mol. The Morgan fingerprint density at radius 1 is 0.867 bits per heavy atom. The fourth-order valence-corrected chi connectivity index (χ4v) is 2.74. The molecular formula is C23H22N2O5. The number of ether oxygens (including phenoxy) is 3. The van der Waals surface area contributed by atoms with Gasteiger partial charge in [-0.25, -0.2) is 0 Å². The molecule has 2 amide bonds. The van der Waals surface area contributed by atoms with Crippen molar-refractivity contribution in [2.75, 3.05) is 20.8 Å². The summed E-state index contributed by atoms with van der Waals surface area (Å²) >= 11 is 0. The van der Waals surface area contributed by atoms with Gasteiger partial charge in [-0.1, -0.05) is 36.4 Å². The summed E-state index contributed by atoms with van der Waals surface area (Å²) in [4.78, 5) is 23.8. The molecule has 0 bridgehead atoms. The van der Waals surface area contributed by atoms with Crippen LogP contribution in [0.25, 0.3) is 16.8 Å². The van der Waals surface area contributed by atoms with Gasteiger partial charge in [-0.15, -0.1) is 0 Å². The minimum atomic E-state index is -0.483. The van der Waals surface area contributed by atoms with Gasteiger partial charge < -0.3 is 14.2 Å². The highest BCUT2D eigenvalue weighted by Gasteiger charge is 2.06. The zero-order valence-electron chi connectivity index (χ0n) is 16.7. The van der Waals surface area contributed by atoms with E-state index < -0.39 is 11.8 Å². The van der Waals surface area contributed by atoms with Crippen LogP contribution in [-0.2, 0) is 9.59 Å². The predicted octanol–water partition coefficient (Wildman–Crippen LogP) is 3.10. The Bertz CT molecular complexity index is 1080. The van der Waals surface area contributed by atoms with Crippen LogP contribution in [0.4, 0.5) is 0 Å². The topological polar surface area (TPSA) is 85.9 Å². The Morgan fingerprint density at radius 3 is 2.40 bits per heavy atom. The van der Waals surface area contributed by atoms with Gasteiger partial charge in [0.05, 0.1) is 14.2 Å². The Labute approximate surface area is 174 Å². The van der Waals surface area contributed by atoms with Gasteiger partial charge in [-0.3, -0.25) is 20.4 Å². The van der Waals surface area contributed by atoms with Crippen molar-refractivity contribution in [1.82, 2.24) is 10.9 Å². The first-order valence-corrected chi connectivity index (χ1v) is 9.19. The van der Waals surface area contributed by atoms with E-state index in [0.717, 1.165) is 16.3 Å².